The molecular weight excluding hydrogens is 240 g/mol. The summed E-state index contributed by atoms with van der Waals surface area (Å²) in [4.78, 5) is 0. The van der Waals surface area contributed by atoms with Crippen molar-refractivity contribution in [3.05, 3.63) is 11.6 Å². The van der Waals surface area contributed by atoms with Crippen molar-refractivity contribution >= 4 is 0 Å². The molecule has 0 amide bonds. The first kappa shape index (κ1) is 13.4. The molecule has 0 aromatic heterocycles. The largest absolute Gasteiger partial charge is 0.0845 e. The molecule has 0 heterocycles. The van der Waals surface area contributed by atoms with Crippen LogP contribution in [-0.4, -0.2) is 0 Å². The molecule has 20 heavy (non-hydrogen) atoms. The highest BCUT2D eigenvalue weighted by molar-refractivity contribution is 5.24. The molecule has 4 aliphatic carbocycles. The summed E-state index contributed by atoms with van der Waals surface area (Å²) in [5, 5.41) is 0. The summed E-state index contributed by atoms with van der Waals surface area (Å²) in [6, 6.07) is 0. The Bertz CT molecular complexity index is 433. The number of rotatable bonds is 0. The van der Waals surface area contributed by atoms with Crippen LogP contribution in [0.15, 0.2) is 11.6 Å². The normalized spacial score (nSPS) is 54.6. The summed E-state index contributed by atoms with van der Waals surface area (Å²) in [7, 11) is 0. The third-order valence-electron chi connectivity index (χ3n) is 8.13. The molecule has 112 valence electrons. The second kappa shape index (κ2) is 4.37. The Morgan fingerprint density at radius 2 is 1.85 bits per heavy atom. The van der Waals surface area contributed by atoms with E-state index in [4.69, 9.17) is 0 Å². The first-order valence-corrected chi connectivity index (χ1v) is 9.22. The molecule has 0 spiro atoms. The first-order chi connectivity index (χ1) is 9.53. The zero-order chi connectivity index (χ0) is 14.0. The zero-order valence-corrected chi connectivity index (χ0v) is 13.8. The Morgan fingerprint density at radius 1 is 1.00 bits per heavy atom. The maximum atomic E-state index is 2.71. The predicted octanol–water partition coefficient (Wildman–Crippen LogP) is 5.98. The van der Waals surface area contributed by atoms with Crippen LogP contribution in [0.4, 0.5) is 0 Å². The molecular formula is C20H32. The smallest absolute Gasteiger partial charge is 0.00851 e. The number of hydrogen-bond donors (Lipinski definition) is 0. The molecule has 0 bridgehead atoms. The SMILES string of the molecule is CC1CC[C@@]2(C)C(=CCC3C4CCC[C@@]4(C)CCC32)C1. The Labute approximate surface area is 125 Å². The Balaban J connectivity index is 1.68. The van der Waals surface area contributed by atoms with Crippen molar-refractivity contribution in [3.63, 3.8) is 0 Å². The van der Waals surface area contributed by atoms with Gasteiger partial charge in [0.05, 0.1) is 0 Å². The summed E-state index contributed by atoms with van der Waals surface area (Å²) in [6.45, 7) is 7.71. The first-order valence-electron chi connectivity index (χ1n) is 9.22. The van der Waals surface area contributed by atoms with Gasteiger partial charge >= 0.3 is 0 Å². The van der Waals surface area contributed by atoms with Gasteiger partial charge in [-0.05, 0) is 85.9 Å². The quantitative estimate of drug-likeness (QED) is 0.476. The molecule has 4 unspecified atom stereocenters. The van der Waals surface area contributed by atoms with Gasteiger partial charge in [0.1, 0.15) is 0 Å². The van der Waals surface area contributed by atoms with Crippen molar-refractivity contribution in [2.24, 2.45) is 34.5 Å². The topological polar surface area (TPSA) is 0 Å². The van der Waals surface area contributed by atoms with Crippen LogP contribution in [0.1, 0.15) is 78.6 Å². The molecule has 0 aliphatic heterocycles. The van der Waals surface area contributed by atoms with Crippen molar-refractivity contribution in [3.8, 4) is 0 Å². The highest BCUT2D eigenvalue weighted by Gasteiger charge is 2.55. The number of allylic oxidation sites excluding steroid dienone is 2. The van der Waals surface area contributed by atoms with Crippen molar-refractivity contribution in [2.45, 2.75) is 78.6 Å². The zero-order valence-electron chi connectivity index (χ0n) is 13.8. The fourth-order valence-corrected chi connectivity index (χ4v) is 6.84. The fraction of sp³-hybridized carbons (Fsp3) is 0.900. The van der Waals surface area contributed by atoms with Gasteiger partial charge < -0.3 is 0 Å². The van der Waals surface area contributed by atoms with E-state index < -0.39 is 0 Å². The van der Waals surface area contributed by atoms with E-state index in [1.807, 2.05) is 5.57 Å². The van der Waals surface area contributed by atoms with Gasteiger partial charge in [0.2, 0.25) is 0 Å². The van der Waals surface area contributed by atoms with E-state index in [2.05, 4.69) is 26.8 Å². The molecule has 4 rings (SSSR count). The van der Waals surface area contributed by atoms with Gasteiger partial charge in [0.25, 0.3) is 0 Å². The van der Waals surface area contributed by atoms with Crippen LogP contribution in [0.5, 0.6) is 0 Å². The third kappa shape index (κ3) is 1.72. The van der Waals surface area contributed by atoms with Crippen LogP contribution in [0.3, 0.4) is 0 Å². The lowest BCUT2D eigenvalue weighted by Gasteiger charge is -2.57. The summed E-state index contributed by atoms with van der Waals surface area (Å²) in [6.07, 6.45) is 16.1. The summed E-state index contributed by atoms with van der Waals surface area (Å²) >= 11 is 0. The van der Waals surface area contributed by atoms with Gasteiger partial charge in [0, 0.05) is 0 Å². The lowest BCUT2D eigenvalue weighted by molar-refractivity contribution is -0.0281. The predicted molar refractivity (Wildman–Crippen MR) is 85.5 cm³/mol. The van der Waals surface area contributed by atoms with Gasteiger partial charge in [0.15, 0.2) is 0 Å². The van der Waals surface area contributed by atoms with Crippen molar-refractivity contribution < 1.29 is 0 Å². The second-order valence-electron chi connectivity index (χ2n) is 9.19. The minimum absolute atomic E-state index is 0.583. The lowest BCUT2D eigenvalue weighted by atomic mass is 9.48. The van der Waals surface area contributed by atoms with Gasteiger partial charge in [-0.15, -0.1) is 0 Å². The molecule has 0 aromatic rings. The van der Waals surface area contributed by atoms with Crippen molar-refractivity contribution in [1.29, 1.82) is 0 Å². The van der Waals surface area contributed by atoms with E-state index in [1.165, 1.54) is 57.8 Å². The summed E-state index contributed by atoms with van der Waals surface area (Å²) in [5.74, 6) is 4.03. The van der Waals surface area contributed by atoms with E-state index in [1.54, 1.807) is 0 Å². The standard InChI is InChI=1S/C20H32/c1-14-8-12-20(3)15(13-14)6-7-16-17-5-4-10-19(17,2)11-9-18(16)20/h6,14,16-18H,4-5,7-13H2,1-3H3/t14?,16?,17?,18?,19-,20-/m0/s1. The van der Waals surface area contributed by atoms with E-state index in [-0.39, 0.29) is 0 Å². The van der Waals surface area contributed by atoms with Gasteiger partial charge in [-0.3, -0.25) is 0 Å². The maximum Gasteiger partial charge on any atom is -0.00851 e. The van der Waals surface area contributed by atoms with Crippen LogP contribution in [0, 0.1) is 34.5 Å². The van der Waals surface area contributed by atoms with Crippen LogP contribution in [0.2, 0.25) is 0 Å². The van der Waals surface area contributed by atoms with Crippen LogP contribution >= 0.6 is 0 Å². The number of hydrogen-bond acceptors (Lipinski definition) is 0. The maximum absolute atomic E-state index is 2.71. The second-order valence-corrected chi connectivity index (χ2v) is 9.19. The van der Waals surface area contributed by atoms with Gasteiger partial charge in [-0.1, -0.05) is 38.8 Å². The highest BCUT2D eigenvalue weighted by Crippen LogP contribution is 2.65. The Morgan fingerprint density at radius 3 is 2.70 bits per heavy atom. The fourth-order valence-electron chi connectivity index (χ4n) is 6.84. The third-order valence-corrected chi connectivity index (χ3v) is 8.13. The monoisotopic (exact) mass is 272 g/mol. The van der Waals surface area contributed by atoms with Crippen molar-refractivity contribution in [1.82, 2.24) is 0 Å². The minimum atomic E-state index is 0.583. The molecule has 4 aliphatic rings. The van der Waals surface area contributed by atoms with E-state index in [9.17, 15) is 0 Å². The molecule has 6 atom stereocenters. The van der Waals surface area contributed by atoms with E-state index in [0.717, 1.165) is 23.7 Å². The minimum Gasteiger partial charge on any atom is -0.0845 e. The van der Waals surface area contributed by atoms with Gasteiger partial charge in [-0.25, -0.2) is 0 Å². The lowest BCUT2D eigenvalue weighted by Crippen LogP contribution is -2.48. The van der Waals surface area contributed by atoms with Crippen molar-refractivity contribution in [2.75, 3.05) is 0 Å². The summed E-state index contributed by atoms with van der Waals surface area (Å²) < 4.78 is 0. The van der Waals surface area contributed by atoms with Crippen LogP contribution in [-0.2, 0) is 0 Å². The number of fused-ring (bicyclic) bond motifs is 5. The molecule has 3 fully saturated rings. The van der Waals surface area contributed by atoms with Crippen LogP contribution < -0.4 is 0 Å². The molecule has 0 aromatic carbocycles. The molecule has 0 N–H and O–H groups in total. The molecule has 3 saturated carbocycles. The van der Waals surface area contributed by atoms with E-state index >= 15 is 0 Å². The van der Waals surface area contributed by atoms with Crippen LogP contribution in [0.25, 0.3) is 0 Å². The Kier molecular flexibility index (Phi) is 2.93. The molecule has 0 nitrogen and oxygen atoms in total. The average molecular weight is 272 g/mol. The Hall–Kier alpha value is -0.260. The summed E-state index contributed by atoms with van der Waals surface area (Å²) in [5.41, 5.74) is 3.16. The highest BCUT2D eigenvalue weighted by atomic mass is 14.6. The van der Waals surface area contributed by atoms with E-state index in [0.29, 0.717) is 10.8 Å². The van der Waals surface area contributed by atoms with Gasteiger partial charge in [-0.2, -0.15) is 0 Å². The molecule has 0 saturated heterocycles. The molecule has 0 heteroatoms. The molecule has 0 radical (unpaired) electrons. The average Bonchev–Trinajstić information content (AvgIpc) is 2.81.